The van der Waals surface area contributed by atoms with Crippen LogP contribution in [0.1, 0.15) is 89.9 Å². The minimum Gasteiger partial charge on any atom is -0.324 e. The van der Waals surface area contributed by atoms with E-state index in [9.17, 15) is 28.7 Å². The van der Waals surface area contributed by atoms with Crippen LogP contribution in [0.3, 0.4) is 0 Å². The van der Waals surface area contributed by atoms with Crippen LogP contribution in [-0.2, 0) is 9.13 Å². The number of hydrogen-bond acceptors (Lipinski definition) is 6. The first-order valence-corrected chi connectivity index (χ1v) is 15.2. The van der Waals surface area contributed by atoms with Gasteiger partial charge in [0.05, 0.1) is 11.3 Å². The molecule has 0 aromatic carbocycles. The van der Waals surface area contributed by atoms with Crippen LogP contribution in [0.15, 0.2) is 0 Å². The maximum atomic E-state index is 13.0. The van der Waals surface area contributed by atoms with E-state index in [0.29, 0.717) is 38.5 Å². The molecule has 0 amide bonds. The first-order valence-electron chi connectivity index (χ1n) is 11.8. The van der Waals surface area contributed by atoms with E-state index in [1.54, 1.807) is 0 Å². The topological polar surface area (TPSA) is 219 Å². The molecular weight excluding hydrogens is 454 g/mol. The number of hydrogen-bond donors (Lipinski definition) is 8. The molecule has 3 aliphatic rings. The van der Waals surface area contributed by atoms with Crippen LogP contribution in [-0.4, -0.2) is 42.2 Å². The van der Waals surface area contributed by atoms with Crippen molar-refractivity contribution in [2.75, 3.05) is 6.16 Å². The summed E-state index contributed by atoms with van der Waals surface area (Å²) in [5.74, 6) is 0. The van der Waals surface area contributed by atoms with Crippen molar-refractivity contribution in [3.8, 4) is 0 Å². The van der Waals surface area contributed by atoms with Gasteiger partial charge in [0.1, 0.15) is 11.3 Å². The smallest absolute Gasteiger partial charge is 0.324 e. The Hall–Kier alpha value is 0.140. The summed E-state index contributed by atoms with van der Waals surface area (Å²) in [5.41, 5.74) is 20.4. The van der Waals surface area contributed by atoms with E-state index in [0.717, 1.165) is 51.4 Å². The van der Waals surface area contributed by atoms with Gasteiger partial charge >= 0.3 is 15.2 Å². The van der Waals surface area contributed by atoms with Crippen LogP contribution in [0.4, 0.5) is 0 Å². The van der Waals surface area contributed by atoms with Crippen molar-refractivity contribution in [1.82, 2.24) is 0 Å². The first kappa shape index (κ1) is 26.7. The normalized spacial score (nSPS) is 26.8. The van der Waals surface area contributed by atoms with Gasteiger partial charge in [-0.25, -0.2) is 0 Å². The fourth-order valence-electron chi connectivity index (χ4n) is 7.43. The second kappa shape index (κ2) is 8.66. The van der Waals surface area contributed by atoms with Gasteiger partial charge in [-0.2, -0.15) is 0 Å². The van der Waals surface area contributed by atoms with Crippen LogP contribution in [0.2, 0.25) is 0 Å². The summed E-state index contributed by atoms with van der Waals surface area (Å²) < 4.78 is 25.0. The third kappa shape index (κ3) is 4.19. The molecular formula is C20H42N4O6P2. The molecule has 0 radical (unpaired) electrons. The summed E-state index contributed by atoms with van der Waals surface area (Å²) in [6.45, 7) is 0. The Morgan fingerprint density at radius 3 is 1.41 bits per heavy atom. The van der Waals surface area contributed by atoms with Crippen LogP contribution < -0.4 is 22.9 Å². The van der Waals surface area contributed by atoms with Crippen LogP contribution >= 0.6 is 15.2 Å². The summed E-state index contributed by atoms with van der Waals surface area (Å²) in [6, 6.07) is 0. The molecule has 32 heavy (non-hydrogen) atoms. The molecule has 0 unspecified atom stereocenters. The highest BCUT2D eigenvalue weighted by Crippen LogP contribution is 2.81. The lowest BCUT2D eigenvalue weighted by Gasteiger charge is -2.64. The SMILES string of the molecule is NC(N)(CP(=O)(O)O)C(N)(N)C1(C2(C3(P(=O)(O)O)CC3)CCCCCC2)CCCCCC1. The lowest BCUT2D eigenvalue weighted by Crippen LogP contribution is -2.86. The lowest BCUT2D eigenvalue weighted by molar-refractivity contribution is -0.102. The van der Waals surface area contributed by atoms with Crippen molar-refractivity contribution in [2.45, 2.75) is 106 Å². The van der Waals surface area contributed by atoms with Gasteiger partial charge in [0, 0.05) is 5.41 Å². The summed E-state index contributed by atoms with van der Waals surface area (Å²) in [7, 11) is -9.21. The third-order valence-corrected chi connectivity index (χ3v) is 12.0. The molecule has 3 aliphatic carbocycles. The van der Waals surface area contributed by atoms with Crippen LogP contribution in [0.5, 0.6) is 0 Å². The van der Waals surface area contributed by atoms with Crippen LogP contribution in [0.25, 0.3) is 0 Å². The highest BCUT2D eigenvalue weighted by atomic mass is 31.2. The minimum atomic E-state index is -4.67. The van der Waals surface area contributed by atoms with E-state index < -0.39 is 48.7 Å². The van der Waals surface area contributed by atoms with Gasteiger partial charge in [-0.1, -0.05) is 51.4 Å². The van der Waals surface area contributed by atoms with Crippen LogP contribution in [0, 0.1) is 10.8 Å². The predicted octanol–water partition coefficient (Wildman–Crippen LogP) is 1.78. The summed E-state index contributed by atoms with van der Waals surface area (Å²) in [5, 5.41) is -1.24. The second-order valence-corrected chi connectivity index (χ2v) is 14.4. The van der Waals surface area contributed by atoms with Crippen molar-refractivity contribution in [3.63, 3.8) is 0 Å². The van der Waals surface area contributed by atoms with Gasteiger partial charge in [0.2, 0.25) is 0 Å². The molecule has 12 heteroatoms. The molecule has 188 valence electrons. The minimum absolute atomic E-state index is 0.385. The Labute approximate surface area is 190 Å². The zero-order valence-corrected chi connectivity index (χ0v) is 20.7. The van der Waals surface area contributed by atoms with E-state index in [1.807, 2.05) is 0 Å². The molecule has 0 aromatic rings. The van der Waals surface area contributed by atoms with Gasteiger partial charge in [0.15, 0.2) is 0 Å². The van der Waals surface area contributed by atoms with Crippen molar-refractivity contribution < 1.29 is 28.7 Å². The van der Waals surface area contributed by atoms with Gasteiger partial charge in [0.25, 0.3) is 0 Å². The van der Waals surface area contributed by atoms with Crippen molar-refractivity contribution in [1.29, 1.82) is 0 Å². The Morgan fingerprint density at radius 1 is 0.656 bits per heavy atom. The predicted molar refractivity (Wildman–Crippen MR) is 123 cm³/mol. The second-order valence-electron chi connectivity index (χ2n) is 10.8. The number of nitrogens with two attached hydrogens (primary N) is 4. The molecule has 3 saturated carbocycles. The highest BCUT2D eigenvalue weighted by molar-refractivity contribution is 7.54. The largest absolute Gasteiger partial charge is 0.332 e. The summed E-state index contributed by atoms with van der Waals surface area (Å²) in [6.07, 6.45) is 8.81. The molecule has 0 heterocycles. The monoisotopic (exact) mass is 496 g/mol. The summed E-state index contributed by atoms with van der Waals surface area (Å²) >= 11 is 0. The average Bonchev–Trinajstić information content (AvgIpc) is 3.45. The van der Waals surface area contributed by atoms with Gasteiger partial charge in [-0.3, -0.25) is 9.13 Å². The fraction of sp³-hybridized carbons (Fsp3) is 1.00. The van der Waals surface area contributed by atoms with E-state index in [-0.39, 0.29) is 0 Å². The molecule has 12 N–H and O–H groups in total. The fourth-order valence-corrected chi connectivity index (χ4v) is 10.1. The van der Waals surface area contributed by atoms with Gasteiger partial charge in [-0.05, 0) is 43.9 Å². The Balaban J connectivity index is 2.28. The zero-order chi connectivity index (χ0) is 24.1. The Morgan fingerprint density at radius 2 is 1.06 bits per heavy atom. The maximum absolute atomic E-state index is 13.0. The quantitative estimate of drug-likeness (QED) is 0.145. The molecule has 0 spiro atoms. The first-order chi connectivity index (χ1) is 14.6. The Kier molecular flexibility index (Phi) is 7.24. The van der Waals surface area contributed by atoms with Crippen molar-refractivity contribution in [3.05, 3.63) is 0 Å². The van der Waals surface area contributed by atoms with Crippen molar-refractivity contribution >= 4 is 15.2 Å². The van der Waals surface area contributed by atoms with Gasteiger partial charge < -0.3 is 42.5 Å². The molecule has 0 saturated heterocycles. The molecule has 0 aromatic heterocycles. The van der Waals surface area contributed by atoms with Crippen molar-refractivity contribution in [2.24, 2.45) is 33.8 Å². The zero-order valence-electron chi connectivity index (χ0n) is 18.9. The molecule has 0 aliphatic heterocycles. The van der Waals surface area contributed by atoms with E-state index >= 15 is 0 Å². The van der Waals surface area contributed by atoms with Gasteiger partial charge in [-0.15, -0.1) is 0 Å². The molecule has 10 nitrogen and oxygen atoms in total. The van der Waals surface area contributed by atoms with E-state index in [1.165, 1.54) is 0 Å². The summed E-state index contributed by atoms with van der Waals surface area (Å²) in [4.78, 5) is 40.6. The molecule has 0 atom stereocenters. The lowest BCUT2D eigenvalue weighted by atomic mass is 9.47. The van der Waals surface area contributed by atoms with E-state index in [2.05, 4.69) is 0 Å². The number of rotatable bonds is 7. The molecule has 3 fully saturated rings. The highest BCUT2D eigenvalue weighted by Gasteiger charge is 2.77. The average molecular weight is 497 g/mol. The Bertz CT molecular complexity index is 773. The third-order valence-electron chi connectivity index (χ3n) is 9.03. The maximum Gasteiger partial charge on any atom is 0.332 e. The van der Waals surface area contributed by atoms with E-state index in [4.69, 9.17) is 22.9 Å². The molecule has 3 rings (SSSR count). The molecule has 0 bridgehead atoms. The standard InChI is InChI=1S/C20H42N4O6P2/c21-19(22,15-31(25,26)27)20(23,24)17(11-7-3-4-8-12-17)16(9-5-1-2-6-10-16)18(13-14-18)32(28,29)30/h1-15,21-24H2,(H2,25,26,27)(H2,28,29,30).